The molecule has 0 aliphatic heterocycles. The van der Waals surface area contributed by atoms with Gasteiger partial charge in [-0.25, -0.2) is 8.78 Å². The van der Waals surface area contributed by atoms with E-state index >= 15 is 0 Å². The van der Waals surface area contributed by atoms with Gasteiger partial charge in [-0.2, -0.15) is 0 Å². The fourth-order valence-corrected chi connectivity index (χ4v) is 2.24. The van der Waals surface area contributed by atoms with Crippen LogP contribution in [-0.2, 0) is 0 Å². The summed E-state index contributed by atoms with van der Waals surface area (Å²) in [5.41, 5.74) is 0.731. The first-order valence-corrected chi connectivity index (χ1v) is 6.77. The van der Waals surface area contributed by atoms with Crippen LogP contribution in [0.3, 0.4) is 0 Å². The minimum atomic E-state index is -0.498. The Labute approximate surface area is 109 Å². The van der Waals surface area contributed by atoms with Gasteiger partial charge in [-0.1, -0.05) is 27.2 Å². The van der Waals surface area contributed by atoms with Crippen LogP contribution in [0.15, 0.2) is 18.2 Å². The highest BCUT2D eigenvalue weighted by atomic mass is 19.1. The zero-order chi connectivity index (χ0) is 13.5. The van der Waals surface area contributed by atoms with Crippen molar-refractivity contribution < 1.29 is 8.78 Å². The summed E-state index contributed by atoms with van der Waals surface area (Å²) < 4.78 is 26.5. The van der Waals surface area contributed by atoms with Crippen molar-refractivity contribution in [3.63, 3.8) is 0 Å². The summed E-state index contributed by atoms with van der Waals surface area (Å²) >= 11 is 0. The predicted octanol–water partition coefficient (Wildman–Crippen LogP) is 4.24. The molecule has 2 unspecified atom stereocenters. The molecule has 0 radical (unpaired) electrons. The molecule has 1 aromatic carbocycles. The molecule has 18 heavy (non-hydrogen) atoms. The fourth-order valence-electron chi connectivity index (χ4n) is 2.24. The zero-order valence-corrected chi connectivity index (χ0v) is 11.5. The van der Waals surface area contributed by atoms with Gasteiger partial charge in [0.05, 0.1) is 0 Å². The third-order valence-corrected chi connectivity index (χ3v) is 3.27. The zero-order valence-electron chi connectivity index (χ0n) is 11.5. The molecular formula is C15H23F2N. The predicted molar refractivity (Wildman–Crippen MR) is 71.8 cm³/mol. The van der Waals surface area contributed by atoms with Gasteiger partial charge in [0.15, 0.2) is 0 Å². The normalized spacial score (nSPS) is 14.5. The van der Waals surface area contributed by atoms with Crippen molar-refractivity contribution in [3.05, 3.63) is 35.4 Å². The molecule has 1 rings (SSSR count). The number of halogens is 2. The van der Waals surface area contributed by atoms with Gasteiger partial charge in [0, 0.05) is 12.1 Å². The van der Waals surface area contributed by atoms with Crippen LogP contribution in [0.5, 0.6) is 0 Å². The largest absolute Gasteiger partial charge is 0.313 e. The van der Waals surface area contributed by atoms with Crippen LogP contribution in [-0.4, -0.2) is 12.6 Å². The Morgan fingerprint density at radius 3 is 2.17 bits per heavy atom. The van der Waals surface area contributed by atoms with Gasteiger partial charge in [0.1, 0.15) is 11.6 Å². The molecule has 0 amide bonds. The highest BCUT2D eigenvalue weighted by Gasteiger charge is 2.18. The Hall–Kier alpha value is -0.960. The van der Waals surface area contributed by atoms with Crippen LogP contribution in [0.4, 0.5) is 8.78 Å². The Morgan fingerprint density at radius 2 is 1.67 bits per heavy atom. The van der Waals surface area contributed by atoms with E-state index in [-0.39, 0.29) is 12.0 Å². The van der Waals surface area contributed by atoms with E-state index < -0.39 is 11.6 Å². The molecule has 0 aromatic heterocycles. The summed E-state index contributed by atoms with van der Waals surface area (Å²) in [6.07, 6.45) is 3.13. The quantitative estimate of drug-likeness (QED) is 0.768. The maximum absolute atomic E-state index is 13.2. The van der Waals surface area contributed by atoms with Crippen molar-refractivity contribution in [1.82, 2.24) is 5.32 Å². The molecule has 0 aliphatic carbocycles. The van der Waals surface area contributed by atoms with Crippen molar-refractivity contribution in [2.45, 2.75) is 52.0 Å². The first kappa shape index (κ1) is 15.1. The van der Waals surface area contributed by atoms with E-state index in [2.05, 4.69) is 19.2 Å². The van der Waals surface area contributed by atoms with E-state index in [1.165, 1.54) is 12.1 Å². The molecular weight excluding hydrogens is 232 g/mol. The van der Waals surface area contributed by atoms with Gasteiger partial charge in [-0.05, 0) is 43.0 Å². The number of hydrogen-bond donors (Lipinski definition) is 1. The Bertz CT molecular complexity index is 345. The van der Waals surface area contributed by atoms with Crippen LogP contribution in [0, 0.1) is 11.6 Å². The first-order chi connectivity index (χ1) is 8.58. The number of benzene rings is 1. The van der Waals surface area contributed by atoms with E-state index in [9.17, 15) is 8.78 Å². The van der Waals surface area contributed by atoms with E-state index in [1.54, 1.807) is 0 Å². The molecule has 0 fully saturated rings. The lowest BCUT2D eigenvalue weighted by Gasteiger charge is -2.25. The lowest BCUT2D eigenvalue weighted by molar-refractivity contribution is 0.418. The standard InChI is InChI=1S/C15H23F2N/c1-4-6-15(18-7-5-2)11(3)12-8-13(16)10-14(17)9-12/h8-11,15,18H,4-7H2,1-3H3. The second kappa shape index (κ2) is 7.47. The molecule has 0 bridgehead atoms. The molecule has 102 valence electrons. The van der Waals surface area contributed by atoms with Gasteiger partial charge < -0.3 is 5.32 Å². The lowest BCUT2D eigenvalue weighted by atomic mass is 9.90. The second-order valence-corrected chi connectivity index (χ2v) is 4.84. The van der Waals surface area contributed by atoms with Gasteiger partial charge in [0.25, 0.3) is 0 Å². The number of hydrogen-bond acceptors (Lipinski definition) is 1. The third kappa shape index (κ3) is 4.37. The topological polar surface area (TPSA) is 12.0 Å². The molecule has 3 heteroatoms. The molecule has 0 aliphatic rings. The average Bonchev–Trinajstić information content (AvgIpc) is 2.32. The van der Waals surface area contributed by atoms with Crippen molar-refractivity contribution in [2.75, 3.05) is 6.54 Å². The summed E-state index contributed by atoms with van der Waals surface area (Å²) in [6, 6.07) is 4.06. The molecule has 0 saturated carbocycles. The summed E-state index contributed by atoms with van der Waals surface area (Å²) in [6.45, 7) is 7.20. The maximum Gasteiger partial charge on any atom is 0.126 e. The van der Waals surface area contributed by atoms with Crippen LogP contribution < -0.4 is 5.32 Å². The maximum atomic E-state index is 13.2. The summed E-state index contributed by atoms with van der Waals surface area (Å²) in [5.74, 6) is -0.883. The van der Waals surface area contributed by atoms with Gasteiger partial charge in [-0.3, -0.25) is 0 Å². The highest BCUT2D eigenvalue weighted by Crippen LogP contribution is 2.24. The molecule has 0 spiro atoms. The lowest BCUT2D eigenvalue weighted by Crippen LogP contribution is -2.34. The molecule has 0 saturated heterocycles. The molecule has 2 atom stereocenters. The van der Waals surface area contributed by atoms with E-state index in [4.69, 9.17) is 0 Å². The van der Waals surface area contributed by atoms with Gasteiger partial charge >= 0.3 is 0 Å². The van der Waals surface area contributed by atoms with Gasteiger partial charge in [-0.15, -0.1) is 0 Å². The van der Waals surface area contributed by atoms with E-state index in [1.807, 2.05) is 6.92 Å². The van der Waals surface area contributed by atoms with Crippen LogP contribution in [0.2, 0.25) is 0 Å². The van der Waals surface area contributed by atoms with E-state index in [0.717, 1.165) is 37.4 Å². The molecule has 1 nitrogen and oxygen atoms in total. The third-order valence-electron chi connectivity index (χ3n) is 3.27. The van der Waals surface area contributed by atoms with Crippen molar-refractivity contribution in [2.24, 2.45) is 0 Å². The summed E-state index contributed by atoms with van der Waals surface area (Å²) in [7, 11) is 0. The van der Waals surface area contributed by atoms with Crippen LogP contribution in [0.1, 0.15) is 51.5 Å². The van der Waals surface area contributed by atoms with Crippen molar-refractivity contribution in [1.29, 1.82) is 0 Å². The minimum absolute atomic E-state index is 0.113. The second-order valence-electron chi connectivity index (χ2n) is 4.84. The monoisotopic (exact) mass is 255 g/mol. The van der Waals surface area contributed by atoms with Crippen molar-refractivity contribution >= 4 is 0 Å². The summed E-state index contributed by atoms with van der Waals surface area (Å²) in [4.78, 5) is 0. The Kier molecular flexibility index (Phi) is 6.27. The minimum Gasteiger partial charge on any atom is -0.313 e. The smallest absolute Gasteiger partial charge is 0.126 e. The molecule has 1 N–H and O–H groups in total. The average molecular weight is 255 g/mol. The highest BCUT2D eigenvalue weighted by molar-refractivity contribution is 5.22. The Balaban J connectivity index is 2.82. The SMILES string of the molecule is CCCNC(CCC)C(C)c1cc(F)cc(F)c1. The molecule has 1 aromatic rings. The van der Waals surface area contributed by atoms with E-state index in [0.29, 0.717) is 0 Å². The summed E-state index contributed by atoms with van der Waals surface area (Å²) in [5, 5.41) is 3.46. The number of rotatable bonds is 7. The van der Waals surface area contributed by atoms with Crippen LogP contribution >= 0.6 is 0 Å². The van der Waals surface area contributed by atoms with Crippen molar-refractivity contribution in [3.8, 4) is 0 Å². The molecule has 0 heterocycles. The van der Waals surface area contributed by atoms with Gasteiger partial charge in [0.2, 0.25) is 0 Å². The Morgan fingerprint density at radius 1 is 1.06 bits per heavy atom. The first-order valence-electron chi connectivity index (χ1n) is 6.77. The van der Waals surface area contributed by atoms with Crippen LogP contribution in [0.25, 0.3) is 0 Å². The number of nitrogens with one attached hydrogen (secondary N) is 1. The fraction of sp³-hybridized carbons (Fsp3) is 0.600.